The van der Waals surface area contributed by atoms with Crippen LogP contribution in [0.25, 0.3) is 0 Å². The molecule has 0 aliphatic heterocycles. The van der Waals surface area contributed by atoms with Gasteiger partial charge in [-0.1, -0.05) is 12.8 Å². The van der Waals surface area contributed by atoms with E-state index in [1.807, 2.05) is 0 Å². The topological polar surface area (TPSA) is 84.7 Å². The predicted molar refractivity (Wildman–Crippen MR) is 72.5 cm³/mol. The lowest BCUT2D eigenvalue weighted by molar-refractivity contribution is -0.139. The van der Waals surface area contributed by atoms with Crippen LogP contribution in [-0.4, -0.2) is 56.6 Å². The highest BCUT2D eigenvalue weighted by molar-refractivity contribution is 5.86. The Hall–Kier alpha value is -1.14. The number of carbonyl (C=O) groups is 2. The van der Waals surface area contributed by atoms with Gasteiger partial charge in [0.2, 0.25) is 11.8 Å². The maximum absolute atomic E-state index is 12.2. The van der Waals surface area contributed by atoms with Crippen molar-refractivity contribution >= 4 is 11.8 Å². The first-order chi connectivity index (χ1) is 9.06. The van der Waals surface area contributed by atoms with Gasteiger partial charge in [0.05, 0.1) is 19.1 Å². The highest BCUT2D eigenvalue weighted by Crippen LogP contribution is 2.24. The third kappa shape index (κ3) is 5.16. The molecule has 3 N–H and O–H groups in total. The molecule has 6 nitrogen and oxygen atoms in total. The molecule has 2 atom stereocenters. The maximum atomic E-state index is 12.2. The van der Waals surface area contributed by atoms with E-state index >= 15 is 0 Å². The monoisotopic (exact) mass is 271 g/mol. The zero-order valence-corrected chi connectivity index (χ0v) is 11.9. The standard InChI is InChI=1S/C13H25N3O3/c1-16(9-12(17)15-7-8-19-2)13(18)10-5-3-4-6-11(10)14/h10-11H,3-9,14H2,1-2H3,(H,15,17). The molecule has 0 spiro atoms. The molecule has 0 saturated heterocycles. The number of hydrogen-bond acceptors (Lipinski definition) is 4. The molecular formula is C13H25N3O3. The van der Waals surface area contributed by atoms with Gasteiger partial charge in [0, 0.05) is 26.7 Å². The molecule has 0 aromatic heterocycles. The third-order valence-corrected chi connectivity index (χ3v) is 3.52. The van der Waals surface area contributed by atoms with Crippen molar-refractivity contribution in [3.05, 3.63) is 0 Å². The molecular weight excluding hydrogens is 246 g/mol. The molecule has 1 saturated carbocycles. The van der Waals surface area contributed by atoms with Gasteiger partial charge in [-0.25, -0.2) is 0 Å². The number of hydrogen-bond donors (Lipinski definition) is 2. The summed E-state index contributed by atoms with van der Waals surface area (Å²) < 4.78 is 4.84. The summed E-state index contributed by atoms with van der Waals surface area (Å²) in [6, 6.07) is -0.0692. The number of nitrogens with zero attached hydrogens (tertiary/aromatic N) is 1. The normalized spacial score (nSPS) is 22.9. The van der Waals surface area contributed by atoms with Crippen molar-refractivity contribution in [3.63, 3.8) is 0 Å². The van der Waals surface area contributed by atoms with Gasteiger partial charge in [-0.3, -0.25) is 9.59 Å². The number of nitrogens with one attached hydrogen (secondary N) is 1. The lowest BCUT2D eigenvalue weighted by atomic mass is 9.84. The predicted octanol–water partition coefficient (Wildman–Crippen LogP) is -0.275. The Bertz CT molecular complexity index is 310. The van der Waals surface area contributed by atoms with Crippen LogP contribution in [0.4, 0.5) is 0 Å². The van der Waals surface area contributed by atoms with Gasteiger partial charge in [0.25, 0.3) is 0 Å². The second kappa shape index (κ2) is 8.12. The van der Waals surface area contributed by atoms with Gasteiger partial charge in [-0.2, -0.15) is 0 Å². The summed E-state index contributed by atoms with van der Waals surface area (Å²) in [5.41, 5.74) is 5.98. The van der Waals surface area contributed by atoms with Crippen LogP contribution < -0.4 is 11.1 Å². The molecule has 2 unspecified atom stereocenters. The Morgan fingerprint density at radius 3 is 2.68 bits per heavy atom. The fourth-order valence-electron chi connectivity index (χ4n) is 2.39. The van der Waals surface area contributed by atoms with Crippen molar-refractivity contribution in [1.82, 2.24) is 10.2 Å². The molecule has 0 radical (unpaired) electrons. The van der Waals surface area contributed by atoms with E-state index in [0.717, 1.165) is 25.7 Å². The first kappa shape index (κ1) is 15.9. The summed E-state index contributed by atoms with van der Waals surface area (Å²) in [7, 11) is 3.23. The average Bonchev–Trinajstić information content (AvgIpc) is 2.38. The Balaban J connectivity index is 2.37. The largest absolute Gasteiger partial charge is 0.383 e. The minimum atomic E-state index is -0.169. The summed E-state index contributed by atoms with van der Waals surface area (Å²) in [6.45, 7) is 1.00. The van der Waals surface area contributed by atoms with Crippen LogP contribution in [0.15, 0.2) is 0 Å². The number of amides is 2. The number of rotatable bonds is 6. The summed E-state index contributed by atoms with van der Waals surface area (Å²) in [4.78, 5) is 25.3. The van der Waals surface area contributed by atoms with Crippen molar-refractivity contribution in [3.8, 4) is 0 Å². The summed E-state index contributed by atoms with van der Waals surface area (Å²) in [5, 5.41) is 2.69. The minimum Gasteiger partial charge on any atom is -0.383 e. The molecule has 19 heavy (non-hydrogen) atoms. The first-order valence-electron chi connectivity index (χ1n) is 6.82. The Morgan fingerprint density at radius 2 is 2.05 bits per heavy atom. The van der Waals surface area contributed by atoms with Crippen molar-refractivity contribution < 1.29 is 14.3 Å². The smallest absolute Gasteiger partial charge is 0.239 e. The number of methoxy groups -OCH3 is 1. The van der Waals surface area contributed by atoms with Gasteiger partial charge in [-0.05, 0) is 12.8 Å². The van der Waals surface area contributed by atoms with E-state index in [1.165, 1.54) is 4.90 Å². The van der Waals surface area contributed by atoms with E-state index in [4.69, 9.17) is 10.5 Å². The Labute approximate surface area is 114 Å². The van der Waals surface area contributed by atoms with Crippen molar-refractivity contribution in [2.45, 2.75) is 31.7 Å². The molecule has 2 amide bonds. The fourth-order valence-corrected chi connectivity index (χ4v) is 2.39. The number of nitrogens with two attached hydrogens (primary N) is 1. The number of likely N-dealkylation sites (N-methyl/N-ethyl adjacent to an activating group) is 1. The molecule has 0 bridgehead atoms. The van der Waals surface area contributed by atoms with Crippen LogP contribution >= 0.6 is 0 Å². The van der Waals surface area contributed by atoms with E-state index in [-0.39, 0.29) is 30.3 Å². The van der Waals surface area contributed by atoms with E-state index in [1.54, 1.807) is 14.2 Å². The SMILES string of the molecule is COCCNC(=O)CN(C)C(=O)C1CCCCC1N. The van der Waals surface area contributed by atoms with Crippen LogP contribution in [0, 0.1) is 5.92 Å². The zero-order chi connectivity index (χ0) is 14.3. The molecule has 110 valence electrons. The highest BCUT2D eigenvalue weighted by Gasteiger charge is 2.30. The summed E-state index contributed by atoms with van der Waals surface area (Å²) in [5.74, 6) is -0.322. The molecule has 0 aromatic rings. The number of carbonyl (C=O) groups excluding carboxylic acids is 2. The Kier molecular flexibility index (Phi) is 6.80. The minimum absolute atomic E-state index is 0.0194. The van der Waals surface area contributed by atoms with Gasteiger partial charge in [-0.15, -0.1) is 0 Å². The Morgan fingerprint density at radius 1 is 1.37 bits per heavy atom. The molecule has 1 rings (SSSR count). The van der Waals surface area contributed by atoms with Gasteiger partial charge in [0.15, 0.2) is 0 Å². The van der Waals surface area contributed by atoms with Crippen LogP contribution in [0.1, 0.15) is 25.7 Å². The summed E-state index contributed by atoms with van der Waals surface area (Å²) in [6.07, 6.45) is 3.85. The van der Waals surface area contributed by atoms with E-state index < -0.39 is 0 Å². The molecule has 1 aliphatic carbocycles. The summed E-state index contributed by atoms with van der Waals surface area (Å²) >= 11 is 0. The second-order valence-corrected chi connectivity index (χ2v) is 5.09. The fraction of sp³-hybridized carbons (Fsp3) is 0.846. The van der Waals surface area contributed by atoms with E-state index in [0.29, 0.717) is 13.2 Å². The van der Waals surface area contributed by atoms with Gasteiger partial charge < -0.3 is 20.7 Å². The lowest BCUT2D eigenvalue weighted by Gasteiger charge is -2.30. The third-order valence-electron chi connectivity index (χ3n) is 3.52. The van der Waals surface area contributed by atoms with Crippen molar-refractivity contribution in [1.29, 1.82) is 0 Å². The van der Waals surface area contributed by atoms with Crippen molar-refractivity contribution in [2.24, 2.45) is 11.7 Å². The van der Waals surface area contributed by atoms with Crippen molar-refractivity contribution in [2.75, 3.05) is 33.9 Å². The average molecular weight is 271 g/mol. The molecule has 0 heterocycles. The lowest BCUT2D eigenvalue weighted by Crippen LogP contribution is -2.47. The second-order valence-electron chi connectivity index (χ2n) is 5.09. The molecule has 1 fully saturated rings. The number of ether oxygens (including phenoxy) is 1. The van der Waals surface area contributed by atoms with E-state index in [9.17, 15) is 9.59 Å². The molecule has 0 aromatic carbocycles. The van der Waals surface area contributed by atoms with Crippen LogP contribution in [-0.2, 0) is 14.3 Å². The molecule has 1 aliphatic rings. The zero-order valence-electron chi connectivity index (χ0n) is 11.9. The quantitative estimate of drug-likeness (QED) is 0.651. The van der Waals surface area contributed by atoms with Crippen LogP contribution in [0.2, 0.25) is 0 Å². The first-order valence-corrected chi connectivity index (χ1v) is 6.82. The maximum Gasteiger partial charge on any atom is 0.239 e. The van der Waals surface area contributed by atoms with Gasteiger partial charge in [0.1, 0.15) is 0 Å². The van der Waals surface area contributed by atoms with Gasteiger partial charge >= 0.3 is 0 Å². The van der Waals surface area contributed by atoms with E-state index in [2.05, 4.69) is 5.32 Å². The molecule has 6 heteroatoms. The van der Waals surface area contributed by atoms with Crippen LogP contribution in [0.5, 0.6) is 0 Å². The highest BCUT2D eigenvalue weighted by atomic mass is 16.5. The van der Waals surface area contributed by atoms with Crippen LogP contribution in [0.3, 0.4) is 0 Å².